The third-order valence-electron chi connectivity index (χ3n) is 6.68. The van der Waals surface area contributed by atoms with Crippen LogP contribution in [0.25, 0.3) is 0 Å². The largest absolute Gasteiger partial charge is 0.497 e. The predicted octanol–water partition coefficient (Wildman–Crippen LogP) is 3.79. The Hall–Kier alpha value is -2.04. The van der Waals surface area contributed by atoms with Crippen LogP contribution in [0.4, 0.5) is 0 Å². The van der Waals surface area contributed by atoms with E-state index >= 15 is 0 Å². The average molecular weight is 372 g/mol. The van der Waals surface area contributed by atoms with Gasteiger partial charge in [0.2, 0.25) is 0 Å². The van der Waals surface area contributed by atoms with Gasteiger partial charge in [0.1, 0.15) is 11.5 Å². The topological polar surface area (TPSA) is 61.8 Å². The number of ketones is 1. The van der Waals surface area contributed by atoms with Gasteiger partial charge in [-0.1, -0.05) is 0 Å². The minimum Gasteiger partial charge on any atom is -0.497 e. The predicted molar refractivity (Wildman–Crippen MR) is 99.7 cm³/mol. The molecule has 4 aliphatic rings. The average Bonchev–Trinajstić information content (AvgIpc) is 2.65. The summed E-state index contributed by atoms with van der Waals surface area (Å²) in [5.41, 5.74) is -0.227. The van der Waals surface area contributed by atoms with Gasteiger partial charge in [-0.25, -0.2) is 4.79 Å². The summed E-state index contributed by atoms with van der Waals surface area (Å²) in [6.45, 7) is 1.52. The highest BCUT2D eigenvalue weighted by molar-refractivity contribution is 5.88. The number of esters is 1. The van der Waals surface area contributed by atoms with Gasteiger partial charge >= 0.3 is 5.97 Å². The van der Waals surface area contributed by atoms with Gasteiger partial charge in [0.05, 0.1) is 7.11 Å². The summed E-state index contributed by atoms with van der Waals surface area (Å²) in [6.07, 6.45) is 6.09. The highest BCUT2D eigenvalue weighted by Crippen LogP contribution is 2.60. The number of carbonyl (C=O) groups is 2. The van der Waals surface area contributed by atoms with Crippen LogP contribution in [-0.4, -0.2) is 31.6 Å². The van der Waals surface area contributed by atoms with E-state index in [9.17, 15) is 9.59 Å². The Morgan fingerprint density at radius 2 is 1.52 bits per heavy atom. The molecule has 0 radical (unpaired) electrons. The number of rotatable bonds is 7. The number of Topliss-reactive ketones (excluding diaryl/α,β-unsaturated/α-hetero) is 1. The molecule has 0 amide bonds. The van der Waals surface area contributed by atoms with Crippen LogP contribution in [0.15, 0.2) is 24.3 Å². The van der Waals surface area contributed by atoms with Crippen molar-refractivity contribution in [1.29, 1.82) is 0 Å². The SMILES string of the molecule is COc1ccc(OC(C)C(=O)OCC(=O)C23CC4CC(CC(C4)C2)C3)cc1. The molecule has 1 aromatic carbocycles. The normalized spacial score (nSPS) is 32.0. The van der Waals surface area contributed by atoms with Gasteiger partial charge < -0.3 is 14.2 Å². The number of methoxy groups -OCH3 is 1. The molecule has 0 aromatic heterocycles. The fourth-order valence-electron chi connectivity index (χ4n) is 5.77. The standard InChI is InChI=1S/C22H28O5/c1-14(27-19-5-3-18(25-2)4-6-19)21(24)26-13-20(23)22-10-15-7-16(11-22)9-17(8-15)12-22/h3-6,14-17H,7-13H2,1-2H3. The minimum absolute atomic E-state index is 0.117. The van der Waals surface area contributed by atoms with Crippen LogP contribution >= 0.6 is 0 Å². The molecule has 0 N–H and O–H groups in total. The maximum absolute atomic E-state index is 12.9. The van der Waals surface area contributed by atoms with Crippen molar-refractivity contribution in [1.82, 2.24) is 0 Å². The first-order chi connectivity index (χ1) is 13.0. The molecule has 4 bridgehead atoms. The molecule has 4 aliphatic carbocycles. The highest BCUT2D eigenvalue weighted by atomic mass is 16.6. The van der Waals surface area contributed by atoms with Crippen molar-refractivity contribution in [3.8, 4) is 11.5 Å². The first-order valence-electron chi connectivity index (χ1n) is 9.98. The van der Waals surface area contributed by atoms with Gasteiger partial charge in [-0.2, -0.15) is 0 Å². The van der Waals surface area contributed by atoms with E-state index in [4.69, 9.17) is 14.2 Å². The number of hydrogen-bond donors (Lipinski definition) is 0. The molecule has 5 nitrogen and oxygen atoms in total. The lowest BCUT2D eigenvalue weighted by molar-refractivity contribution is -0.161. The maximum Gasteiger partial charge on any atom is 0.347 e. The molecule has 0 aliphatic heterocycles. The van der Waals surface area contributed by atoms with E-state index in [2.05, 4.69) is 0 Å². The zero-order valence-electron chi connectivity index (χ0n) is 16.1. The van der Waals surface area contributed by atoms with E-state index in [1.165, 1.54) is 19.3 Å². The Kier molecular flexibility index (Phi) is 4.87. The van der Waals surface area contributed by atoms with Gasteiger partial charge in [0.25, 0.3) is 0 Å². The Bertz CT molecular complexity index is 673. The van der Waals surface area contributed by atoms with Gasteiger partial charge in [-0.3, -0.25) is 4.79 Å². The van der Waals surface area contributed by atoms with Crippen molar-refractivity contribution in [2.75, 3.05) is 13.7 Å². The molecule has 146 valence electrons. The first-order valence-corrected chi connectivity index (χ1v) is 9.98. The third-order valence-corrected chi connectivity index (χ3v) is 6.68. The summed E-state index contributed by atoms with van der Waals surface area (Å²) >= 11 is 0. The molecule has 4 saturated carbocycles. The Balaban J connectivity index is 1.30. The third kappa shape index (κ3) is 3.69. The molecule has 0 saturated heterocycles. The monoisotopic (exact) mass is 372 g/mol. The van der Waals surface area contributed by atoms with Crippen LogP contribution < -0.4 is 9.47 Å². The maximum atomic E-state index is 12.9. The van der Waals surface area contributed by atoms with Crippen LogP contribution in [0.5, 0.6) is 11.5 Å². The fraction of sp³-hybridized carbons (Fsp3) is 0.636. The van der Waals surface area contributed by atoms with Crippen LogP contribution in [-0.2, 0) is 14.3 Å². The van der Waals surface area contributed by atoms with E-state index in [-0.39, 0.29) is 17.8 Å². The molecule has 0 spiro atoms. The van der Waals surface area contributed by atoms with Crippen molar-refractivity contribution in [2.24, 2.45) is 23.2 Å². The highest BCUT2D eigenvalue weighted by Gasteiger charge is 2.54. The smallest absolute Gasteiger partial charge is 0.347 e. The number of hydrogen-bond acceptors (Lipinski definition) is 5. The number of carbonyl (C=O) groups excluding carboxylic acids is 2. The molecule has 5 rings (SSSR count). The van der Waals surface area contributed by atoms with E-state index in [0.29, 0.717) is 23.5 Å². The molecular formula is C22H28O5. The molecule has 4 fully saturated rings. The van der Waals surface area contributed by atoms with Crippen LogP contribution in [0.1, 0.15) is 45.4 Å². The van der Waals surface area contributed by atoms with Crippen molar-refractivity contribution in [3.63, 3.8) is 0 Å². The molecule has 5 heteroatoms. The van der Waals surface area contributed by atoms with Crippen LogP contribution in [0, 0.1) is 23.2 Å². The fourth-order valence-corrected chi connectivity index (χ4v) is 5.77. The molecule has 1 unspecified atom stereocenters. The molecule has 1 atom stereocenters. The van der Waals surface area contributed by atoms with Crippen LogP contribution in [0.2, 0.25) is 0 Å². The Morgan fingerprint density at radius 3 is 2.04 bits per heavy atom. The second-order valence-corrected chi connectivity index (χ2v) is 8.66. The molecular weight excluding hydrogens is 344 g/mol. The molecule has 1 aromatic rings. The zero-order valence-corrected chi connectivity index (χ0v) is 16.1. The molecule has 27 heavy (non-hydrogen) atoms. The summed E-state index contributed by atoms with van der Waals surface area (Å²) in [5, 5.41) is 0. The summed E-state index contributed by atoms with van der Waals surface area (Å²) in [5.74, 6) is 3.01. The van der Waals surface area contributed by atoms with Gasteiger partial charge in [0, 0.05) is 5.41 Å². The van der Waals surface area contributed by atoms with Crippen molar-refractivity contribution < 1.29 is 23.8 Å². The minimum atomic E-state index is -0.762. The van der Waals surface area contributed by atoms with Gasteiger partial charge in [0.15, 0.2) is 18.5 Å². The van der Waals surface area contributed by atoms with Gasteiger partial charge in [-0.05, 0) is 87.5 Å². The van der Waals surface area contributed by atoms with Crippen molar-refractivity contribution in [2.45, 2.75) is 51.6 Å². The Morgan fingerprint density at radius 1 is 1.00 bits per heavy atom. The van der Waals surface area contributed by atoms with Crippen molar-refractivity contribution >= 4 is 11.8 Å². The van der Waals surface area contributed by atoms with E-state index < -0.39 is 12.1 Å². The summed E-state index contributed by atoms with van der Waals surface area (Å²) in [6, 6.07) is 7.01. The summed E-state index contributed by atoms with van der Waals surface area (Å²) in [7, 11) is 1.59. The lowest BCUT2D eigenvalue weighted by Crippen LogP contribution is -2.51. The Labute approximate surface area is 160 Å². The second-order valence-electron chi connectivity index (χ2n) is 8.66. The zero-order chi connectivity index (χ0) is 19.0. The van der Waals surface area contributed by atoms with E-state index in [1.807, 2.05) is 0 Å². The first kappa shape index (κ1) is 18.3. The van der Waals surface area contributed by atoms with Crippen LogP contribution in [0.3, 0.4) is 0 Å². The quantitative estimate of drug-likeness (QED) is 0.682. The number of ether oxygens (including phenoxy) is 3. The van der Waals surface area contributed by atoms with E-state index in [1.54, 1.807) is 38.3 Å². The van der Waals surface area contributed by atoms with E-state index in [0.717, 1.165) is 25.0 Å². The number of benzene rings is 1. The summed E-state index contributed by atoms with van der Waals surface area (Å²) < 4.78 is 16.1. The lowest BCUT2D eigenvalue weighted by Gasteiger charge is -2.55. The van der Waals surface area contributed by atoms with Crippen molar-refractivity contribution in [3.05, 3.63) is 24.3 Å². The molecule has 0 heterocycles. The summed E-state index contributed by atoms with van der Waals surface area (Å²) in [4.78, 5) is 25.2. The lowest BCUT2D eigenvalue weighted by atomic mass is 9.48. The second kappa shape index (κ2) is 7.17. The van der Waals surface area contributed by atoms with Gasteiger partial charge in [-0.15, -0.1) is 0 Å².